The molecular weight excluding hydrogens is 224 g/mol. The molecule has 0 spiro atoms. The van der Waals surface area contributed by atoms with Gasteiger partial charge in [0, 0.05) is 13.1 Å². The molecule has 1 unspecified atom stereocenters. The van der Waals surface area contributed by atoms with Crippen LogP contribution in [-0.2, 0) is 4.79 Å². The maximum atomic E-state index is 12.4. The lowest BCUT2D eigenvalue weighted by atomic mass is 9.81. The maximum Gasteiger partial charge on any atom is 0.227 e. The van der Waals surface area contributed by atoms with Crippen LogP contribution in [-0.4, -0.2) is 25.5 Å². The molecule has 2 rings (SSSR count). The number of rotatable bonds is 6. The van der Waals surface area contributed by atoms with Crippen molar-refractivity contribution in [3.05, 3.63) is 11.6 Å². The van der Waals surface area contributed by atoms with Gasteiger partial charge in [-0.25, -0.2) is 0 Å². The van der Waals surface area contributed by atoms with Crippen molar-refractivity contribution < 1.29 is 4.79 Å². The summed E-state index contributed by atoms with van der Waals surface area (Å²) < 4.78 is 0. The minimum atomic E-state index is -0.126. The van der Waals surface area contributed by atoms with Crippen LogP contribution in [0.4, 0.5) is 0 Å². The summed E-state index contributed by atoms with van der Waals surface area (Å²) in [6.07, 6.45) is 10.2. The first kappa shape index (κ1) is 13.6. The number of hydrogen-bond donors (Lipinski definition) is 2. The van der Waals surface area contributed by atoms with Crippen molar-refractivity contribution in [1.29, 1.82) is 0 Å². The first-order valence-electron chi connectivity index (χ1n) is 7.44. The summed E-state index contributed by atoms with van der Waals surface area (Å²) in [5.41, 5.74) is 1.41. The number of carbonyl (C=O) groups is 1. The van der Waals surface area contributed by atoms with Gasteiger partial charge in [-0.3, -0.25) is 4.79 Å². The smallest absolute Gasteiger partial charge is 0.227 e. The highest BCUT2D eigenvalue weighted by Gasteiger charge is 2.39. The molecule has 0 aromatic heterocycles. The fraction of sp³-hybridized carbons (Fsp3) is 0.800. The number of nitrogens with one attached hydrogen (secondary N) is 2. The van der Waals surface area contributed by atoms with Crippen molar-refractivity contribution in [1.82, 2.24) is 10.6 Å². The average molecular weight is 250 g/mol. The summed E-state index contributed by atoms with van der Waals surface area (Å²) >= 11 is 0. The largest absolute Gasteiger partial charge is 0.355 e. The van der Waals surface area contributed by atoms with Gasteiger partial charge in [-0.2, -0.15) is 0 Å². The lowest BCUT2D eigenvalue weighted by Gasteiger charge is -2.26. The first-order valence-corrected chi connectivity index (χ1v) is 7.44. The summed E-state index contributed by atoms with van der Waals surface area (Å²) in [6.45, 7) is 4.82. The molecule has 1 fully saturated rings. The van der Waals surface area contributed by atoms with E-state index in [9.17, 15) is 4.79 Å². The van der Waals surface area contributed by atoms with E-state index in [-0.39, 0.29) is 11.3 Å². The molecule has 2 N–H and O–H groups in total. The monoisotopic (exact) mass is 250 g/mol. The molecule has 1 amide bonds. The van der Waals surface area contributed by atoms with E-state index in [1.807, 2.05) is 0 Å². The molecule has 0 saturated carbocycles. The van der Waals surface area contributed by atoms with Crippen molar-refractivity contribution in [2.45, 2.75) is 51.9 Å². The van der Waals surface area contributed by atoms with Crippen molar-refractivity contribution in [2.24, 2.45) is 5.41 Å². The molecule has 0 aromatic rings. The molecule has 1 heterocycles. The van der Waals surface area contributed by atoms with Crippen LogP contribution >= 0.6 is 0 Å². The fourth-order valence-electron chi connectivity index (χ4n) is 3.23. The number of amides is 1. The van der Waals surface area contributed by atoms with Gasteiger partial charge in [-0.05, 0) is 45.1 Å². The Morgan fingerprint density at radius 1 is 1.56 bits per heavy atom. The Bertz CT molecular complexity index is 316. The minimum Gasteiger partial charge on any atom is -0.355 e. The molecule has 0 radical (unpaired) electrons. The van der Waals surface area contributed by atoms with Gasteiger partial charge in [-0.1, -0.05) is 25.0 Å². The topological polar surface area (TPSA) is 41.1 Å². The van der Waals surface area contributed by atoms with Crippen LogP contribution in [0.5, 0.6) is 0 Å². The van der Waals surface area contributed by atoms with Crippen molar-refractivity contribution in [2.75, 3.05) is 19.6 Å². The zero-order chi connectivity index (χ0) is 12.8. The average Bonchev–Trinajstić information content (AvgIpc) is 3.01. The van der Waals surface area contributed by atoms with Gasteiger partial charge in [0.15, 0.2) is 0 Å². The first-order chi connectivity index (χ1) is 8.77. The Morgan fingerprint density at radius 2 is 2.44 bits per heavy atom. The van der Waals surface area contributed by atoms with E-state index in [0.29, 0.717) is 0 Å². The van der Waals surface area contributed by atoms with Crippen LogP contribution in [0.2, 0.25) is 0 Å². The van der Waals surface area contributed by atoms with Gasteiger partial charge >= 0.3 is 0 Å². The van der Waals surface area contributed by atoms with Crippen LogP contribution in [0.3, 0.4) is 0 Å². The van der Waals surface area contributed by atoms with Gasteiger partial charge in [0.2, 0.25) is 5.91 Å². The van der Waals surface area contributed by atoms with Crippen LogP contribution < -0.4 is 10.6 Å². The van der Waals surface area contributed by atoms with E-state index < -0.39 is 0 Å². The van der Waals surface area contributed by atoms with E-state index in [0.717, 1.165) is 45.3 Å². The Balaban J connectivity index is 1.78. The highest BCUT2D eigenvalue weighted by atomic mass is 16.2. The second-order valence-electron chi connectivity index (χ2n) is 5.72. The third kappa shape index (κ3) is 3.14. The lowest BCUT2D eigenvalue weighted by Crippen LogP contribution is -2.42. The molecular formula is C15H26N2O. The molecule has 102 valence electrons. The third-order valence-electron chi connectivity index (χ3n) is 4.32. The van der Waals surface area contributed by atoms with Gasteiger partial charge in [0.1, 0.15) is 0 Å². The number of carbonyl (C=O) groups excluding carboxylic acids is 1. The Hall–Kier alpha value is -0.830. The Morgan fingerprint density at radius 3 is 3.06 bits per heavy atom. The lowest BCUT2D eigenvalue weighted by molar-refractivity contribution is -0.130. The van der Waals surface area contributed by atoms with Crippen molar-refractivity contribution in [3.8, 4) is 0 Å². The molecule has 2 aliphatic rings. The molecule has 1 atom stereocenters. The second kappa shape index (κ2) is 6.37. The van der Waals surface area contributed by atoms with Gasteiger partial charge in [0.05, 0.1) is 5.41 Å². The molecule has 3 heteroatoms. The second-order valence-corrected chi connectivity index (χ2v) is 5.72. The summed E-state index contributed by atoms with van der Waals surface area (Å²) in [7, 11) is 0. The molecule has 1 saturated heterocycles. The van der Waals surface area contributed by atoms with E-state index in [4.69, 9.17) is 0 Å². The van der Waals surface area contributed by atoms with Crippen molar-refractivity contribution in [3.63, 3.8) is 0 Å². The minimum absolute atomic E-state index is 0.126. The van der Waals surface area contributed by atoms with E-state index in [1.165, 1.54) is 24.8 Å². The third-order valence-corrected chi connectivity index (χ3v) is 4.32. The zero-order valence-electron chi connectivity index (χ0n) is 11.6. The van der Waals surface area contributed by atoms with E-state index in [1.54, 1.807) is 0 Å². The van der Waals surface area contributed by atoms with Crippen LogP contribution in [0.15, 0.2) is 11.6 Å². The SMILES string of the molecule is CCCC1(C(=O)NCCC2=CCCC2)CCNC1. The van der Waals surface area contributed by atoms with Crippen LogP contribution in [0, 0.1) is 5.41 Å². The molecule has 0 aromatic carbocycles. The van der Waals surface area contributed by atoms with Crippen LogP contribution in [0.1, 0.15) is 51.9 Å². The molecule has 0 bridgehead atoms. The molecule has 1 aliphatic carbocycles. The quantitative estimate of drug-likeness (QED) is 0.711. The predicted octanol–water partition coefficient (Wildman–Crippen LogP) is 2.38. The zero-order valence-corrected chi connectivity index (χ0v) is 11.6. The summed E-state index contributed by atoms with van der Waals surface area (Å²) in [6, 6.07) is 0. The number of hydrogen-bond acceptors (Lipinski definition) is 2. The molecule has 1 aliphatic heterocycles. The van der Waals surface area contributed by atoms with Gasteiger partial charge in [-0.15, -0.1) is 0 Å². The maximum absolute atomic E-state index is 12.4. The van der Waals surface area contributed by atoms with Crippen LogP contribution in [0.25, 0.3) is 0 Å². The predicted molar refractivity (Wildman–Crippen MR) is 74.4 cm³/mol. The fourth-order valence-corrected chi connectivity index (χ4v) is 3.23. The summed E-state index contributed by atoms with van der Waals surface area (Å²) in [5.74, 6) is 0.271. The van der Waals surface area contributed by atoms with E-state index >= 15 is 0 Å². The highest BCUT2D eigenvalue weighted by Crippen LogP contribution is 2.31. The standard InChI is InChI=1S/C15H26N2O/c1-2-8-15(9-11-16-12-15)14(18)17-10-7-13-5-3-4-6-13/h5,16H,2-4,6-12H2,1H3,(H,17,18). The van der Waals surface area contributed by atoms with E-state index in [2.05, 4.69) is 23.6 Å². The summed E-state index contributed by atoms with van der Waals surface area (Å²) in [4.78, 5) is 12.4. The van der Waals surface area contributed by atoms with Gasteiger partial charge in [0.25, 0.3) is 0 Å². The number of allylic oxidation sites excluding steroid dienone is 1. The van der Waals surface area contributed by atoms with Gasteiger partial charge < -0.3 is 10.6 Å². The normalized spacial score (nSPS) is 27.3. The van der Waals surface area contributed by atoms with Crippen molar-refractivity contribution >= 4 is 5.91 Å². The Labute approximate surface area is 110 Å². The Kier molecular flexibility index (Phi) is 4.81. The molecule has 18 heavy (non-hydrogen) atoms. The molecule has 3 nitrogen and oxygen atoms in total. The highest BCUT2D eigenvalue weighted by molar-refractivity contribution is 5.83. The summed E-state index contributed by atoms with van der Waals surface area (Å²) in [5, 5.41) is 6.50.